The number of nitro groups is 1. The molecule has 0 atom stereocenters. The van der Waals surface area contributed by atoms with Gasteiger partial charge in [0, 0.05) is 17.8 Å². The van der Waals surface area contributed by atoms with E-state index in [2.05, 4.69) is 5.32 Å². The molecule has 8 heteroatoms. The van der Waals surface area contributed by atoms with E-state index in [0.717, 1.165) is 12.1 Å². The number of ether oxygens (including phenoxy) is 2. The summed E-state index contributed by atoms with van der Waals surface area (Å²) in [6.45, 7) is 2.28. The first-order valence-electron chi connectivity index (χ1n) is 7.02. The van der Waals surface area contributed by atoms with Crippen molar-refractivity contribution in [2.24, 2.45) is 0 Å². The molecule has 1 N–H and O–H groups in total. The van der Waals surface area contributed by atoms with Crippen molar-refractivity contribution in [3.8, 4) is 11.5 Å². The van der Waals surface area contributed by atoms with Gasteiger partial charge in [0.15, 0.2) is 11.5 Å². The SMILES string of the molecule is CCOc1ccc(NC(=O)c2ccc([N+](=O)[O-])cc2F)cc1OC. The van der Waals surface area contributed by atoms with Crippen molar-refractivity contribution in [1.82, 2.24) is 0 Å². The number of carbonyl (C=O) groups excluding carboxylic acids is 1. The van der Waals surface area contributed by atoms with E-state index in [1.807, 2.05) is 6.92 Å². The maximum Gasteiger partial charge on any atom is 0.272 e. The molecule has 0 heterocycles. The molecule has 0 saturated heterocycles. The Morgan fingerprint density at radius 1 is 1.25 bits per heavy atom. The number of nitrogens with one attached hydrogen (secondary N) is 1. The molecule has 2 aromatic rings. The van der Waals surface area contributed by atoms with Gasteiger partial charge < -0.3 is 14.8 Å². The summed E-state index contributed by atoms with van der Waals surface area (Å²) in [7, 11) is 1.46. The van der Waals surface area contributed by atoms with Crippen LogP contribution in [0.2, 0.25) is 0 Å². The number of rotatable bonds is 6. The van der Waals surface area contributed by atoms with Gasteiger partial charge in [0.1, 0.15) is 5.82 Å². The van der Waals surface area contributed by atoms with Crippen LogP contribution < -0.4 is 14.8 Å². The molecule has 0 aromatic heterocycles. The molecule has 7 nitrogen and oxygen atoms in total. The van der Waals surface area contributed by atoms with Crippen LogP contribution in [0.5, 0.6) is 11.5 Å². The quantitative estimate of drug-likeness (QED) is 0.646. The molecule has 126 valence electrons. The molecule has 24 heavy (non-hydrogen) atoms. The highest BCUT2D eigenvalue weighted by atomic mass is 19.1. The lowest BCUT2D eigenvalue weighted by Gasteiger charge is -2.12. The van der Waals surface area contributed by atoms with Crippen LogP contribution in [0, 0.1) is 15.9 Å². The highest BCUT2D eigenvalue weighted by Gasteiger charge is 2.17. The highest BCUT2D eigenvalue weighted by Crippen LogP contribution is 2.30. The fourth-order valence-electron chi connectivity index (χ4n) is 2.02. The summed E-state index contributed by atoms with van der Waals surface area (Å²) in [5.41, 5.74) is -0.349. The largest absolute Gasteiger partial charge is 0.493 e. The molecular weight excluding hydrogens is 319 g/mol. The Bertz CT molecular complexity index is 779. The summed E-state index contributed by atoms with van der Waals surface area (Å²) in [4.78, 5) is 22.0. The second-order valence-corrected chi connectivity index (χ2v) is 4.67. The molecule has 2 aromatic carbocycles. The summed E-state index contributed by atoms with van der Waals surface area (Å²) < 4.78 is 24.4. The van der Waals surface area contributed by atoms with Crippen molar-refractivity contribution in [2.45, 2.75) is 6.92 Å². The van der Waals surface area contributed by atoms with Crippen molar-refractivity contribution in [2.75, 3.05) is 19.0 Å². The first-order valence-corrected chi connectivity index (χ1v) is 7.02. The van der Waals surface area contributed by atoms with E-state index in [9.17, 15) is 19.3 Å². The van der Waals surface area contributed by atoms with Crippen LogP contribution in [-0.2, 0) is 0 Å². The normalized spacial score (nSPS) is 10.1. The van der Waals surface area contributed by atoms with Gasteiger partial charge in [-0.1, -0.05) is 0 Å². The fourth-order valence-corrected chi connectivity index (χ4v) is 2.02. The van der Waals surface area contributed by atoms with Crippen molar-refractivity contribution < 1.29 is 23.6 Å². The Morgan fingerprint density at radius 3 is 2.58 bits per heavy atom. The zero-order valence-electron chi connectivity index (χ0n) is 13.0. The van der Waals surface area contributed by atoms with Crippen molar-refractivity contribution >= 4 is 17.3 Å². The number of halogens is 1. The summed E-state index contributed by atoms with van der Waals surface area (Å²) in [5, 5.41) is 13.1. The van der Waals surface area contributed by atoms with Gasteiger partial charge >= 0.3 is 0 Å². The third-order valence-electron chi connectivity index (χ3n) is 3.13. The average molecular weight is 334 g/mol. The Labute approximate surface area is 137 Å². The van der Waals surface area contributed by atoms with Gasteiger partial charge in [0.2, 0.25) is 0 Å². The van der Waals surface area contributed by atoms with Crippen LogP contribution in [0.25, 0.3) is 0 Å². The monoisotopic (exact) mass is 334 g/mol. The van der Waals surface area contributed by atoms with E-state index >= 15 is 0 Å². The summed E-state index contributed by atoms with van der Waals surface area (Å²) >= 11 is 0. The lowest BCUT2D eigenvalue weighted by molar-refractivity contribution is -0.385. The predicted molar refractivity (Wildman–Crippen MR) is 85.2 cm³/mol. The molecule has 0 aliphatic carbocycles. The van der Waals surface area contributed by atoms with E-state index in [1.54, 1.807) is 12.1 Å². The van der Waals surface area contributed by atoms with Crippen molar-refractivity contribution in [3.05, 3.63) is 57.9 Å². The number of hydrogen-bond donors (Lipinski definition) is 1. The molecule has 0 radical (unpaired) electrons. The minimum absolute atomic E-state index is 0.298. The maximum absolute atomic E-state index is 13.9. The van der Waals surface area contributed by atoms with Crippen LogP contribution in [0.15, 0.2) is 36.4 Å². The Morgan fingerprint density at radius 2 is 2.00 bits per heavy atom. The smallest absolute Gasteiger partial charge is 0.272 e. The van der Waals surface area contributed by atoms with Gasteiger partial charge in [-0.15, -0.1) is 0 Å². The number of nitrogens with zero attached hydrogens (tertiary/aromatic N) is 1. The minimum Gasteiger partial charge on any atom is -0.493 e. The summed E-state index contributed by atoms with van der Waals surface area (Å²) in [5.74, 6) is -0.772. The Hall–Kier alpha value is -3.16. The second-order valence-electron chi connectivity index (χ2n) is 4.67. The summed E-state index contributed by atoms with van der Waals surface area (Å²) in [6, 6.07) is 7.56. The number of nitro benzene ring substituents is 1. The molecular formula is C16H15FN2O5. The van der Waals surface area contributed by atoms with Gasteiger partial charge in [-0.2, -0.15) is 0 Å². The summed E-state index contributed by atoms with van der Waals surface area (Å²) in [6.07, 6.45) is 0. The second kappa shape index (κ2) is 7.40. The third-order valence-corrected chi connectivity index (χ3v) is 3.13. The van der Waals surface area contributed by atoms with E-state index in [4.69, 9.17) is 9.47 Å². The average Bonchev–Trinajstić information content (AvgIpc) is 2.56. The van der Waals surface area contributed by atoms with Gasteiger partial charge in [-0.25, -0.2) is 4.39 Å². The van der Waals surface area contributed by atoms with Crippen LogP contribution in [0.4, 0.5) is 15.8 Å². The first-order chi connectivity index (χ1) is 11.5. The number of hydrogen-bond acceptors (Lipinski definition) is 5. The van der Waals surface area contributed by atoms with Crippen LogP contribution >= 0.6 is 0 Å². The van der Waals surface area contributed by atoms with Gasteiger partial charge in [0.25, 0.3) is 11.6 Å². The van der Waals surface area contributed by atoms with Crippen molar-refractivity contribution in [3.63, 3.8) is 0 Å². The molecule has 0 bridgehead atoms. The number of non-ortho nitro benzene ring substituents is 1. The number of carbonyl (C=O) groups is 1. The first kappa shape index (κ1) is 17.2. The molecule has 0 saturated carbocycles. The fraction of sp³-hybridized carbons (Fsp3) is 0.188. The predicted octanol–water partition coefficient (Wildman–Crippen LogP) is 3.39. The molecule has 0 aliphatic heterocycles. The molecule has 0 spiro atoms. The molecule has 0 unspecified atom stereocenters. The lowest BCUT2D eigenvalue weighted by Crippen LogP contribution is -2.14. The van der Waals surface area contributed by atoms with Gasteiger partial charge in [-0.3, -0.25) is 14.9 Å². The van der Waals surface area contributed by atoms with E-state index in [0.29, 0.717) is 29.9 Å². The van der Waals surface area contributed by atoms with Crippen molar-refractivity contribution in [1.29, 1.82) is 0 Å². The van der Waals surface area contributed by atoms with Crippen LogP contribution in [0.3, 0.4) is 0 Å². The highest BCUT2D eigenvalue weighted by molar-refractivity contribution is 6.04. The van der Waals surface area contributed by atoms with Gasteiger partial charge in [0.05, 0.1) is 30.3 Å². The number of benzene rings is 2. The van der Waals surface area contributed by atoms with E-state index < -0.39 is 22.3 Å². The maximum atomic E-state index is 13.9. The number of amides is 1. The molecule has 1 amide bonds. The standard InChI is InChI=1S/C16H15FN2O5/c1-3-24-14-7-4-10(8-15(14)23-2)18-16(20)12-6-5-11(19(21)22)9-13(12)17/h4-9H,3H2,1-2H3,(H,18,20). The number of anilines is 1. The lowest BCUT2D eigenvalue weighted by atomic mass is 10.1. The topological polar surface area (TPSA) is 90.7 Å². The van der Waals surface area contributed by atoms with E-state index in [-0.39, 0.29) is 5.56 Å². The molecule has 0 fully saturated rings. The van der Waals surface area contributed by atoms with Crippen LogP contribution in [-0.4, -0.2) is 24.5 Å². The zero-order chi connectivity index (χ0) is 17.7. The van der Waals surface area contributed by atoms with E-state index in [1.165, 1.54) is 13.2 Å². The molecule has 0 aliphatic rings. The van der Waals surface area contributed by atoms with Crippen LogP contribution in [0.1, 0.15) is 17.3 Å². The Balaban J connectivity index is 2.22. The zero-order valence-corrected chi connectivity index (χ0v) is 13.0. The minimum atomic E-state index is -0.973. The third kappa shape index (κ3) is 3.78. The Kier molecular flexibility index (Phi) is 5.31. The molecule has 2 rings (SSSR count). The van der Waals surface area contributed by atoms with Gasteiger partial charge in [-0.05, 0) is 25.1 Å². The number of methoxy groups -OCH3 is 1.